The van der Waals surface area contributed by atoms with Crippen molar-refractivity contribution in [1.82, 2.24) is 9.80 Å². The van der Waals surface area contributed by atoms with E-state index in [1.807, 2.05) is 0 Å². The summed E-state index contributed by atoms with van der Waals surface area (Å²) in [6, 6.07) is 6.85. The zero-order valence-corrected chi connectivity index (χ0v) is 16.3. The van der Waals surface area contributed by atoms with E-state index in [-0.39, 0.29) is 36.4 Å². The number of halogens is 1. The van der Waals surface area contributed by atoms with Crippen molar-refractivity contribution in [2.45, 2.75) is 38.0 Å². The summed E-state index contributed by atoms with van der Waals surface area (Å²) in [7, 11) is 1.43. The molecule has 2 saturated heterocycles. The third kappa shape index (κ3) is 3.50. The lowest BCUT2D eigenvalue weighted by Gasteiger charge is -2.35. The lowest BCUT2D eigenvalue weighted by Crippen LogP contribution is -2.46. The van der Waals surface area contributed by atoms with Crippen molar-refractivity contribution < 1.29 is 19.2 Å². The van der Waals surface area contributed by atoms with Gasteiger partial charge in [-0.3, -0.25) is 24.1 Å². The number of ketones is 1. The molecule has 0 unspecified atom stereocenters. The van der Waals surface area contributed by atoms with E-state index in [1.54, 1.807) is 29.2 Å². The first kappa shape index (κ1) is 19.5. The topological polar surface area (TPSA) is 74.8 Å². The monoisotopic (exact) mass is 390 g/mol. The highest BCUT2D eigenvalue weighted by molar-refractivity contribution is 6.32. The zero-order chi connectivity index (χ0) is 19.8. The second kappa shape index (κ2) is 7.43. The third-order valence-electron chi connectivity index (χ3n) is 5.73. The fourth-order valence-corrected chi connectivity index (χ4v) is 4.40. The van der Waals surface area contributed by atoms with E-state index in [0.717, 1.165) is 17.7 Å². The number of piperidine rings is 1. The van der Waals surface area contributed by atoms with E-state index in [2.05, 4.69) is 0 Å². The fourth-order valence-electron chi connectivity index (χ4n) is 4.09. The molecule has 0 saturated carbocycles. The van der Waals surface area contributed by atoms with E-state index in [0.29, 0.717) is 23.7 Å². The standard InChI is InChI=1S/C20H23ClN2O4/c1-13(24)14-6-5-9-23(12-14)18(26)11-20(10-17(25)22(2)19(20)27)15-7-3-4-8-16(15)21/h3-4,7-8,14H,5-6,9-12H2,1-2H3/t14-,20-/m0/s1. The molecule has 0 radical (unpaired) electrons. The highest BCUT2D eigenvalue weighted by Crippen LogP contribution is 2.42. The quantitative estimate of drug-likeness (QED) is 0.738. The third-order valence-corrected chi connectivity index (χ3v) is 6.06. The smallest absolute Gasteiger partial charge is 0.240 e. The van der Waals surface area contributed by atoms with Crippen LogP contribution in [-0.2, 0) is 24.6 Å². The van der Waals surface area contributed by atoms with Gasteiger partial charge in [0.25, 0.3) is 0 Å². The second-order valence-electron chi connectivity index (χ2n) is 7.46. The summed E-state index contributed by atoms with van der Waals surface area (Å²) in [4.78, 5) is 52.8. The molecule has 2 atom stereocenters. The summed E-state index contributed by atoms with van der Waals surface area (Å²) in [5, 5.41) is 0.363. The van der Waals surface area contributed by atoms with Gasteiger partial charge in [0.2, 0.25) is 17.7 Å². The van der Waals surface area contributed by atoms with Gasteiger partial charge in [-0.05, 0) is 31.4 Å². The number of nitrogens with zero attached hydrogens (tertiary/aromatic N) is 2. The van der Waals surface area contributed by atoms with Crippen molar-refractivity contribution >= 4 is 35.1 Å². The first-order chi connectivity index (χ1) is 12.8. The van der Waals surface area contributed by atoms with Crippen molar-refractivity contribution in [3.63, 3.8) is 0 Å². The molecule has 3 rings (SSSR count). The Morgan fingerprint density at radius 2 is 1.96 bits per heavy atom. The number of carbonyl (C=O) groups is 4. The average molecular weight is 391 g/mol. The Labute approximate surface area is 163 Å². The summed E-state index contributed by atoms with van der Waals surface area (Å²) in [5.74, 6) is -1.05. The number of likely N-dealkylation sites (tertiary alicyclic amines) is 2. The maximum Gasteiger partial charge on any atom is 0.240 e. The first-order valence-corrected chi connectivity index (χ1v) is 9.48. The van der Waals surface area contributed by atoms with Crippen LogP contribution in [0, 0.1) is 5.92 Å². The lowest BCUT2D eigenvalue weighted by atomic mass is 9.75. The van der Waals surface area contributed by atoms with Crippen LogP contribution in [0.5, 0.6) is 0 Å². The minimum absolute atomic E-state index is 0.0696. The molecule has 0 bridgehead atoms. The number of likely N-dealkylation sites (N-methyl/N-ethyl adjacent to an activating group) is 1. The van der Waals surface area contributed by atoms with E-state index in [1.165, 1.54) is 14.0 Å². The molecular weight excluding hydrogens is 368 g/mol. The lowest BCUT2D eigenvalue weighted by molar-refractivity contribution is -0.142. The number of imide groups is 1. The van der Waals surface area contributed by atoms with Gasteiger partial charge < -0.3 is 4.90 Å². The van der Waals surface area contributed by atoms with E-state index < -0.39 is 11.3 Å². The predicted octanol–water partition coefficient (Wildman–Crippen LogP) is 2.18. The Bertz CT molecular complexity index is 809. The van der Waals surface area contributed by atoms with Crippen molar-refractivity contribution in [3.05, 3.63) is 34.9 Å². The van der Waals surface area contributed by atoms with Gasteiger partial charge >= 0.3 is 0 Å². The van der Waals surface area contributed by atoms with Gasteiger partial charge in [-0.25, -0.2) is 0 Å². The van der Waals surface area contributed by atoms with Crippen molar-refractivity contribution in [2.75, 3.05) is 20.1 Å². The molecule has 0 spiro atoms. The molecule has 1 aromatic rings. The summed E-state index contributed by atoms with van der Waals surface area (Å²) in [6.45, 7) is 2.46. The van der Waals surface area contributed by atoms with Crippen LogP contribution in [0.2, 0.25) is 5.02 Å². The second-order valence-corrected chi connectivity index (χ2v) is 7.87. The van der Waals surface area contributed by atoms with Gasteiger partial charge in [0, 0.05) is 43.9 Å². The fraction of sp³-hybridized carbons (Fsp3) is 0.500. The normalized spacial score (nSPS) is 25.8. The van der Waals surface area contributed by atoms with Crippen LogP contribution in [0.4, 0.5) is 0 Å². The number of Topliss-reactive ketones (excluding diaryl/α,β-unsaturated/α-hetero) is 1. The molecule has 2 aliphatic heterocycles. The van der Waals surface area contributed by atoms with Crippen molar-refractivity contribution in [2.24, 2.45) is 5.92 Å². The van der Waals surface area contributed by atoms with Gasteiger partial charge in [0.1, 0.15) is 5.78 Å². The van der Waals surface area contributed by atoms with Crippen LogP contribution in [0.25, 0.3) is 0 Å². The minimum Gasteiger partial charge on any atom is -0.342 e. The van der Waals surface area contributed by atoms with E-state index >= 15 is 0 Å². The highest BCUT2D eigenvalue weighted by atomic mass is 35.5. The number of rotatable bonds is 4. The van der Waals surface area contributed by atoms with Gasteiger partial charge in [0.15, 0.2) is 0 Å². The molecule has 2 aliphatic rings. The number of hydrogen-bond donors (Lipinski definition) is 0. The molecule has 0 N–H and O–H groups in total. The summed E-state index contributed by atoms with van der Waals surface area (Å²) in [6.07, 6.45) is 1.31. The van der Waals surface area contributed by atoms with E-state index in [4.69, 9.17) is 11.6 Å². The van der Waals surface area contributed by atoms with Crippen LogP contribution in [0.3, 0.4) is 0 Å². The Kier molecular flexibility index (Phi) is 5.38. The van der Waals surface area contributed by atoms with Gasteiger partial charge in [-0.15, -0.1) is 0 Å². The molecule has 0 aliphatic carbocycles. The summed E-state index contributed by atoms with van der Waals surface area (Å²) in [5.41, 5.74) is -0.785. The van der Waals surface area contributed by atoms with Gasteiger partial charge in [-0.1, -0.05) is 29.8 Å². The largest absolute Gasteiger partial charge is 0.342 e. The molecule has 7 heteroatoms. The molecule has 3 amide bonds. The van der Waals surface area contributed by atoms with Crippen molar-refractivity contribution in [1.29, 1.82) is 0 Å². The Morgan fingerprint density at radius 1 is 1.26 bits per heavy atom. The molecule has 2 heterocycles. The molecule has 6 nitrogen and oxygen atoms in total. The SMILES string of the molecule is CC(=O)[C@H]1CCCN(C(=O)C[C@]2(c3ccccc3Cl)CC(=O)N(C)C2=O)C1. The van der Waals surface area contributed by atoms with Gasteiger partial charge in [-0.2, -0.15) is 0 Å². The maximum atomic E-state index is 13.1. The molecular formula is C20H23ClN2O4. The number of benzene rings is 1. The number of carbonyl (C=O) groups excluding carboxylic acids is 4. The van der Waals surface area contributed by atoms with Gasteiger partial charge in [0.05, 0.1) is 5.41 Å². The van der Waals surface area contributed by atoms with Crippen LogP contribution in [0.1, 0.15) is 38.2 Å². The summed E-state index contributed by atoms with van der Waals surface area (Å²) < 4.78 is 0. The maximum absolute atomic E-state index is 13.1. The minimum atomic E-state index is -1.29. The number of hydrogen-bond acceptors (Lipinski definition) is 4. The molecule has 1 aromatic carbocycles. The Morgan fingerprint density at radius 3 is 2.56 bits per heavy atom. The molecule has 144 valence electrons. The highest BCUT2D eigenvalue weighted by Gasteiger charge is 2.53. The molecule has 27 heavy (non-hydrogen) atoms. The Hall–Kier alpha value is -2.21. The summed E-state index contributed by atoms with van der Waals surface area (Å²) >= 11 is 6.34. The zero-order valence-electron chi connectivity index (χ0n) is 15.5. The average Bonchev–Trinajstić information content (AvgIpc) is 2.86. The number of amides is 3. The van der Waals surface area contributed by atoms with Crippen LogP contribution in [0.15, 0.2) is 24.3 Å². The predicted molar refractivity (Wildman–Crippen MR) is 100 cm³/mol. The van der Waals surface area contributed by atoms with Crippen molar-refractivity contribution in [3.8, 4) is 0 Å². The Balaban J connectivity index is 1.92. The van der Waals surface area contributed by atoms with Crippen LogP contribution >= 0.6 is 11.6 Å². The van der Waals surface area contributed by atoms with Crippen LogP contribution in [-0.4, -0.2) is 53.4 Å². The van der Waals surface area contributed by atoms with E-state index in [9.17, 15) is 19.2 Å². The first-order valence-electron chi connectivity index (χ1n) is 9.10. The molecule has 0 aromatic heterocycles. The molecule has 2 fully saturated rings. The van der Waals surface area contributed by atoms with Crippen LogP contribution < -0.4 is 0 Å².